The van der Waals surface area contributed by atoms with Gasteiger partial charge in [0.05, 0.1) is 0 Å². The highest BCUT2D eigenvalue weighted by Gasteiger charge is 2.13. The number of likely N-dealkylation sites (N-methyl/N-ethyl adjacent to an activating group) is 1. The molecule has 0 atom stereocenters. The summed E-state index contributed by atoms with van der Waals surface area (Å²) in [6.45, 7) is 7.12. The van der Waals surface area contributed by atoms with Gasteiger partial charge in [0.15, 0.2) is 0 Å². The lowest BCUT2D eigenvalue weighted by molar-refractivity contribution is 0.321. The Bertz CT molecular complexity index is 141. The van der Waals surface area contributed by atoms with Crippen LogP contribution in [0, 0.1) is 5.92 Å². The maximum Gasteiger partial charge on any atom is 0.0104 e. The fourth-order valence-electron chi connectivity index (χ4n) is 2.33. The van der Waals surface area contributed by atoms with Crippen molar-refractivity contribution in [2.45, 2.75) is 45.4 Å². The van der Waals surface area contributed by atoms with Gasteiger partial charge < -0.3 is 10.2 Å². The third kappa shape index (κ3) is 6.16. The number of rotatable bonds is 8. The van der Waals surface area contributed by atoms with Crippen molar-refractivity contribution in [2.24, 2.45) is 5.92 Å². The van der Waals surface area contributed by atoms with E-state index in [9.17, 15) is 0 Å². The minimum atomic E-state index is 0.978. The van der Waals surface area contributed by atoms with Gasteiger partial charge >= 0.3 is 0 Å². The van der Waals surface area contributed by atoms with Crippen LogP contribution in [0.2, 0.25) is 0 Å². The first-order valence-electron chi connectivity index (χ1n) is 6.72. The molecule has 0 aliphatic heterocycles. The monoisotopic (exact) mass is 212 g/mol. The molecule has 1 N–H and O–H groups in total. The molecule has 0 aromatic carbocycles. The van der Waals surface area contributed by atoms with Gasteiger partial charge in [0.1, 0.15) is 0 Å². The van der Waals surface area contributed by atoms with Gasteiger partial charge in [-0.05, 0) is 45.3 Å². The van der Waals surface area contributed by atoms with Crippen molar-refractivity contribution in [3.63, 3.8) is 0 Å². The van der Waals surface area contributed by atoms with Crippen LogP contribution in [0.3, 0.4) is 0 Å². The van der Waals surface area contributed by atoms with Gasteiger partial charge in [-0.25, -0.2) is 0 Å². The number of nitrogens with one attached hydrogen (secondary N) is 1. The maximum absolute atomic E-state index is 3.59. The van der Waals surface area contributed by atoms with Crippen LogP contribution in [0.15, 0.2) is 0 Å². The summed E-state index contributed by atoms with van der Waals surface area (Å²) in [5.41, 5.74) is 0. The number of hydrogen-bond donors (Lipinski definition) is 1. The molecule has 0 spiro atoms. The Kier molecular flexibility index (Phi) is 7.03. The van der Waals surface area contributed by atoms with E-state index in [4.69, 9.17) is 0 Å². The molecule has 0 aromatic heterocycles. The Morgan fingerprint density at radius 2 is 1.93 bits per heavy atom. The van der Waals surface area contributed by atoms with E-state index in [0.29, 0.717) is 0 Å². The Morgan fingerprint density at radius 1 is 1.20 bits per heavy atom. The first kappa shape index (κ1) is 13.0. The van der Waals surface area contributed by atoms with E-state index in [-0.39, 0.29) is 0 Å². The summed E-state index contributed by atoms with van der Waals surface area (Å²) >= 11 is 0. The SMILES string of the molecule is CCCCN(C)CCNCC1CCCC1. The molecular formula is C13H28N2. The van der Waals surface area contributed by atoms with Crippen molar-refractivity contribution in [2.75, 3.05) is 33.2 Å². The minimum absolute atomic E-state index is 0.978. The third-order valence-electron chi connectivity index (χ3n) is 3.47. The summed E-state index contributed by atoms with van der Waals surface area (Å²) in [5.74, 6) is 0.978. The quantitative estimate of drug-likeness (QED) is 0.622. The summed E-state index contributed by atoms with van der Waals surface area (Å²) in [6.07, 6.45) is 8.47. The molecule has 1 fully saturated rings. The van der Waals surface area contributed by atoms with E-state index in [1.165, 1.54) is 58.2 Å². The lowest BCUT2D eigenvalue weighted by Gasteiger charge is -2.17. The van der Waals surface area contributed by atoms with Gasteiger partial charge in [0.25, 0.3) is 0 Å². The van der Waals surface area contributed by atoms with Crippen molar-refractivity contribution in [3.05, 3.63) is 0 Å². The Hall–Kier alpha value is -0.0800. The molecule has 1 rings (SSSR count). The number of unbranched alkanes of at least 4 members (excludes halogenated alkanes) is 1. The zero-order chi connectivity index (χ0) is 10.9. The average Bonchev–Trinajstić information content (AvgIpc) is 2.74. The van der Waals surface area contributed by atoms with E-state index in [0.717, 1.165) is 12.5 Å². The number of nitrogens with zero attached hydrogens (tertiary/aromatic N) is 1. The van der Waals surface area contributed by atoms with E-state index >= 15 is 0 Å². The van der Waals surface area contributed by atoms with E-state index < -0.39 is 0 Å². The van der Waals surface area contributed by atoms with Crippen LogP contribution in [-0.2, 0) is 0 Å². The molecule has 0 radical (unpaired) electrons. The molecule has 0 amide bonds. The van der Waals surface area contributed by atoms with Crippen molar-refractivity contribution in [1.29, 1.82) is 0 Å². The second-order valence-corrected chi connectivity index (χ2v) is 5.01. The van der Waals surface area contributed by atoms with Gasteiger partial charge in [-0.1, -0.05) is 26.2 Å². The molecule has 2 nitrogen and oxygen atoms in total. The van der Waals surface area contributed by atoms with Crippen molar-refractivity contribution < 1.29 is 0 Å². The number of hydrogen-bond acceptors (Lipinski definition) is 2. The zero-order valence-electron chi connectivity index (χ0n) is 10.6. The Morgan fingerprint density at radius 3 is 2.60 bits per heavy atom. The third-order valence-corrected chi connectivity index (χ3v) is 3.47. The Balaban J connectivity index is 1.87. The second-order valence-electron chi connectivity index (χ2n) is 5.01. The normalized spacial score (nSPS) is 17.8. The van der Waals surface area contributed by atoms with E-state index in [1.807, 2.05) is 0 Å². The molecule has 0 aromatic rings. The highest BCUT2D eigenvalue weighted by Crippen LogP contribution is 2.23. The first-order chi connectivity index (χ1) is 7.33. The molecule has 15 heavy (non-hydrogen) atoms. The fourth-order valence-corrected chi connectivity index (χ4v) is 2.33. The zero-order valence-corrected chi connectivity index (χ0v) is 10.6. The summed E-state index contributed by atoms with van der Waals surface area (Å²) in [6, 6.07) is 0. The predicted octanol–water partition coefficient (Wildman–Crippen LogP) is 2.50. The largest absolute Gasteiger partial charge is 0.315 e. The molecule has 0 unspecified atom stereocenters. The molecular weight excluding hydrogens is 184 g/mol. The summed E-state index contributed by atoms with van der Waals surface area (Å²) in [7, 11) is 2.23. The van der Waals surface area contributed by atoms with Gasteiger partial charge in [0, 0.05) is 13.1 Å². The van der Waals surface area contributed by atoms with Crippen molar-refractivity contribution in [3.8, 4) is 0 Å². The molecule has 90 valence electrons. The molecule has 0 saturated heterocycles. The van der Waals surface area contributed by atoms with Crippen LogP contribution in [0.1, 0.15) is 45.4 Å². The molecule has 1 aliphatic carbocycles. The summed E-state index contributed by atoms with van der Waals surface area (Å²) < 4.78 is 0. The van der Waals surface area contributed by atoms with Gasteiger partial charge in [-0.15, -0.1) is 0 Å². The van der Waals surface area contributed by atoms with Crippen LogP contribution in [0.5, 0.6) is 0 Å². The summed E-state index contributed by atoms with van der Waals surface area (Å²) in [4.78, 5) is 2.44. The van der Waals surface area contributed by atoms with Gasteiger partial charge in [-0.3, -0.25) is 0 Å². The second kappa shape index (κ2) is 8.12. The smallest absolute Gasteiger partial charge is 0.0104 e. The molecule has 2 heteroatoms. The van der Waals surface area contributed by atoms with Crippen LogP contribution in [0.4, 0.5) is 0 Å². The molecule has 0 heterocycles. The van der Waals surface area contributed by atoms with E-state index in [1.54, 1.807) is 0 Å². The van der Waals surface area contributed by atoms with Gasteiger partial charge in [0.2, 0.25) is 0 Å². The lowest BCUT2D eigenvalue weighted by atomic mass is 10.1. The highest BCUT2D eigenvalue weighted by atomic mass is 15.1. The maximum atomic E-state index is 3.59. The molecule has 0 bridgehead atoms. The van der Waals surface area contributed by atoms with Gasteiger partial charge in [-0.2, -0.15) is 0 Å². The van der Waals surface area contributed by atoms with Crippen LogP contribution in [0.25, 0.3) is 0 Å². The highest BCUT2D eigenvalue weighted by molar-refractivity contribution is 4.69. The average molecular weight is 212 g/mol. The first-order valence-corrected chi connectivity index (χ1v) is 6.72. The van der Waals surface area contributed by atoms with E-state index in [2.05, 4.69) is 24.2 Å². The summed E-state index contributed by atoms with van der Waals surface area (Å²) in [5, 5.41) is 3.59. The fraction of sp³-hybridized carbons (Fsp3) is 1.00. The van der Waals surface area contributed by atoms with Crippen molar-refractivity contribution in [1.82, 2.24) is 10.2 Å². The Labute approximate surface area is 95.4 Å². The predicted molar refractivity (Wildman–Crippen MR) is 67.2 cm³/mol. The van der Waals surface area contributed by atoms with Crippen LogP contribution < -0.4 is 5.32 Å². The molecule has 1 aliphatic rings. The van der Waals surface area contributed by atoms with Crippen molar-refractivity contribution >= 4 is 0 Å². The topological polar surface area (TPSA) is 15.3 Å². The minimum Gasteiger partial charge on any atom is -0.315 e. The lowest BCUT2D eigenvalue weighted by Crippen LogP contribution is -2.32. The van der Waals surface area contributed by atoms with Crippen LogP contribution in [-0.4, -0.2) is 38.1 Å². The molecule has 1 saturated carbocycles. The standard InChI is InChI=1S/C13H28N2/c1-3-4-10-15(2)11-9-14-12-13-7-5-6-8-13/h13-14H,3-12H2,1-2H3. The van der Waals surface area contributed by atoms with Crippen LogP contribution >= 0.6 is 0 Å².